The topological polar surface area (TPSA) is 0 Å². The highest BCUT2D eigenvalue weighted by atomic mass is 79.9. The minimum atomic E-state index is -0.0270. The quantitative estimate of drug-likeness (QED) is 0.238. The van der Waals surface area contributed by atoms with Crippen LogP contribution in [0.3, 0.4) is 0 Å². The molecule has 0 aromatic heterocycles. The zero-order chi connectivity index (χ0) is 32.4. The lowest BCUT2D eigenvalue weighted by atomic mass is 9.78. The van der Waals surface area contributed by atoms with E-state index in [4.69, 9.17) is 0 Å². The van der Waals surface area contributed by atoms with E-state index in [0.717, 1.165) is 25.7 Å². The molecular weight excluding hydrogens is 664 g/mol. The molecule has 2 aromatic rings. The Kier molecular flexibility index (Phi) is 13.6. The Hall–Kier alpha value is -1.64. The maximum absolute atomic E-state index is 4.03. The molecule has 1 aliphatic carbocycles. The Morgan fingerprint density at radius 2 is 0.614 bits per heavy atom. The fraction of sp³-hybridized carbons (Fsp3) is 0.524. The van der Waals surface area contributed by atoms with Crippen molar-refractivity contribution in [2.75, 3.05) is 0 Å². The molecule has 0 N–H and O–H groups in total. The molecule has 0 fully saturated rings. The van der Waals surface area contributed by atoms with E-state index in [-0.39, 0.29) is 21.7 Å². The molecule has 240 valence electrons. The van der Waals surface area contributed by atoms with Crippen LogP contribution in [0, 0.1) is 0 Å². The molecule has 0 saturated carbocycles. The fourth-order valence-corrected chi connectivity index (χ4v) is 8.90. The number of benzene rings is 2. The smallest absolute Gasteiger partial charge is 0.0256 e. The Morgan fingerprint density at radius 1 is 0.386 bits per heavy atom. The zero-order valence-electron chi connectivity index (χ0n) is 28.9. The first-order chi connectivity index (χ1) is 20.7. The summed E-state index contributed by atoms with van der Waals surface area (Å²) in [6.45, 7) is 18.7. The standard InChI is InChI=1S/C42H58Br2/c1-39(2)29-19-15-11-9-12-16-21-31-41(5,6)35-27-24-28-36(38(35)44)42(7,8)32-22-18-14-10-13-17-20-30-40(3,4)34-26-23-25-33(39)37(34)43/h19-32H,9-18H2,1-8H3/b29-19-,30-20-,31-21-,32-22-. The van der Waals surface area contributed by atoms with E-state index in [0.29, 0.717) is 0 Å². The lowest BCUT2D eigenvalue weighted by Crippen LogP contribution is -2.19. The number of halogens is 2. The monoisotopic (exact) mass is 720 g/mol. The molecule has 44 heavy (non-hydrogen) atoms. The molecule has 1 aliphatic rings. The van der Waals surface area contributed by atoms with Crippen molar-refractivity contribution in [3.8, 4) is 0 Å². The Bertz CT molecular complexity index is 1130. The summed E-state index contributed by atoms with van der Waals surface area (Å²) >= 11 is 8.06. The molecule has 0 spiro atoms. The molecule has 3 rings (SSSR count). The van der Waals surface area contributed by atoms with Crippen molar-refractivity contribution in [2.45, 2.75) is 141 Å². The van der Waals surface area contributed by atoms with Crippen molar-refractivity contribution in [3.63, 3.8) is 0 Å². The van der Waals surface area contributed by atoms with Crippen LogP contribution in [-0.2, 0) is 21.7 Å². The van der Waals surface area contributed by atoms with E-state index in [1.807, 2.05) is 0 Å². The lowest BCUT2D eigenvalue weighted by molar-refractivity contribution is 0.626. The number of hydrogen-bond donors (Lipinski definition) is 0. The highest BCUT2D eigenvalue weighted by Gasteiger charge is 2.28. The van der Waals surface area contributed by atoms with Gasteiger partial charge in [-0.15, -0.1) is 0 Å². The minimum Gasteiger partial charge on any atom is -0.0877 e. The van der Waals surface area contributed by atoms with Crippen molar-refractivity contribution in [2.24, 2.45) is 0 Å². The molecule has 0 nitrogen and oxygen atoms in total. The summed E-state index contributed by atoms with van der Waals surface area (Å²) < 4.78 is 2.50. The van der Waals surface area contributed by atoms with Crippen LogP contribution in [0.1, 0.15) is 142 Å². The summed E-state index contributed by atoms with van der Waals surface area (Å²) in [5.74, 6) is 0. The summed E-state index contributed by atoms with van der Waals surface area (Å²) in [7, 11) is 0. The van der Waals surface area contributed by atoms with Gasteiger partial charge in [-0.3, -0.25) is 0 Å². The average Bonchev–Trinajstić information content (AvgIpc) is 2.94. The van der Waals surface area contributed by atoms with Crippen LogP contribution in [0.25, 0.3) is 0 Å². The molecular formula is C42H58Br2. The van der Waals surface area contributed by atoms with E-state index in [1.54, 1.807) is 0 Å². The number of allylic oxidation sites excluding steroid dienone is 8. The fourth-order valence-electron chi connectivity index (χ4n) is 6.33. The molecule has 2 aromatic carbocycles. The van der Waals surface area contributed by atoms with E-state index >= 15 is 0 Å². The molecule has 2 heteroatoms. The Balaban J connectivity index is 1.81. The van der Waals surface area contributed by atoms with Gasteiger partial charge in [0.25, 0.3) is 0 Å². The van der Waals surface area contributed by atoms with Gasteiger partial charge in [0.1, 0.15) is 0 Å². The van der Waals surface area contributed by atoms with Crippen molar-refractivity contribution >= 4 is 31.9 Å². The first-order valence-electron chi connectivity index (χ1n) is 17.0. The molecule has 0 atom stereocenters. The van der Waals surface area contributed by atoms with Gasteiger partial charge in [-0.05, 0) is 73.6 Å². The third-order valence-electron chi connectivity index (χ3n) is 9.40. The molecule has 0 aliphatic heterocycles. The average molecular weight is 723 g/mol. The van der Waals surface area contributed by atoms with Gasteiger partial charge in [-0.1, -0.05) is 185 Å². The van der Waals surface area contributed by atoms with Crippen molar-refractivity contribution in [1.29, 1.82) is 0 Å². The van der Waals surface area contributed by atoms with Crippen molar-refractivity contribution < 1.29 is 0 Å². The van der Waals surface area contributed by atoms with Gasteiger partial charge in [0, 0.05) is 30.6 Å². The van der Waals surface area contributed by atoms with Gasteiger partial charge in [-0.2, -0.15) is 0 Å². The largest absolute Gasteiger partial charge is 0.0877 e. The highest BCUT2D eigenvalue weighted by Crippen LogP contribution is 2.40. The highest BCUT2D eigenvalue weighted by molar-refractivity contribution is 9.11. The molecule has 0 unspecified atom stereocenters. The Labute approximate surface area is 287 Å². The van der Waals surface area contributed by atoms with E-state index in [2.05, 4.69) is 172 Å². The number of hydrogen-bond acceptors (Lipinski definition) is 0. The number of rotatable bonds is 0. The maximum atomic E-state index is 4.03. The van der Waals surface area contributed by atoms with Crippen LogP contribution in [-0.4, -0.2) is 0 Å². The maximum Gasteiger partial charge on any atom is 0.0256 e. The van der Waals surface area contributed by atoms with E-state index in [1.165, 1.54) is 69.7 Å². The molecule has 4 bridgehead atoms. The second kappa shape index (κ2) is 16.3. The van der Waals surface area contributed by atoms with Gasteiger partial charge < -0.3 is 0 Å². The Morgan fingerprint density at radius 3 is 0.841 bits per heavy atom. The first-order valence-corrected chi connectivity index (χ1v) is 18.6. The van der Waals surface area contributed by atoms with Crippen LogP contribution < -0.4 is 0 Å². The minimum absolute atomic E-state index is 0.0270. The van der Waals surface area contributed by atoms with Gasteiger partial charge in [0.15, 0.2) is 0 Å². The molecule has 0 heterocycles. The number of fused-ring (bicyclic) bond motifs is 4. The summed E-state index contributed by atoms with van der Waals surface area (Å²) in [6.07, 6.45) is 31.3. The third-order valence-corrected chi connectivity index (χ3v) is 11.1. The van der Waals surface area contributed by atoms with Gasteiger partial charge >= 0.3 is 0 Å². The predicted octanol–water partition coefficient (Wildman–Crippen LogP) is 14.2. The summed E-state index contributed by atoms with van der Waals surface area (Å²) in [5.41, 5.74) is 5.34. The lowest BCUT2D eigenvalue weighted by Gasteiger charge is -2.29. The second-order valence-corrected chi connectivity index (χ2v) is 16.7. The van der Waals surface area contributed by atoms with Crippen LogP contribution >= 0.6 is 31.9 Å². The van der Waals surface area contributed by atoms with Gasteiger partial charge in [0.05, 0.1) is 0 Å². The molecule has 0 saturated heterocycles. The normalized spacial score (nSPS) is 24.2. The van der Waals surface area contributed by atoms with Gasteiger partial charge in [-0.25, -0.2) is 0 Å². The molecule has 0 amide bonds. The third kappa shape index (κ3) is 10.2. The second-order valence-electron chi connectivity index (χ2n) is 15.1. The first kappa shape index (κ1) is 36.8. The van der Waals surface area contributed by atoms with Crippen LogP contribution in [0.15, 0.2) is 94.0 Å². The SMILES string of the molecule is CC1(C)/C=C\CCCCC/C=C\C(C)(C)c2cccc(c2Br)C(C)(C)/C=C\CCCCC/C=C\C(C)(C)c2cccc1c2Br. The summed E-state index contributed by atoms with van der Waals surface area (Å²) in [6, 6.07) is 13.6. The zero-order valence-corrected chi connectivity index (χ0v) is 32.1. The van der Waals surface area contributed by atoms with Crippen LogP contribution in [0.2, 0.25) is 0 Å². The van der Waals surface area contributed by atoms with Crippen LogP contribution in [0.5, 0.6) is 0 Å². The van der Waals surface area contributed by atoms with Crippen molar-refractivity contribution in [3.05, 3.63) is 116 Å². The summed E-state index contributed by atoms with van der Waals surface area (Å²) in [5, 5.41) is 0. The predicted molar refractivity (Wildman–Crippen MR) is 203 cm³/mol. The van der Waals surface area contributed by atoms with E-state index < -0.39 is 0 Å². The van der Waals surface area contributed by atoms with E-state index in [9.17, 15) is 0 Å². The van der Waals surface area contributed by atoms with Crippen LogP contribution in [0.4, 0.5) is 0 Å². The summed E-state index contributed by atoms with van der Waals surface area (Å²) in [4.78, 5) is 0. The molecule has 0 radical (unpaired) electrons. The van der Waals surface area contributed by atoms with Crippen molar-refractivity contribution in [1.82, 2.24) is 0 Å². The van der Waals surface area contributed by atoms with Gasteiger partial charge in [0.2, 0.25) is 0 Å².